The lowest BCUT2D eigenvalue weighted by Crippen LogP contribution is -2.18. The molecule has 0 amide bonds. The Bertz CT molecular complexity index is 922. The molecule has 3 atom stereocenters. The van der Waals surface area contributed by atoms with E-state index in [2.05, 4.69) is 0 Å². The van der Waals surface area contributed by atoms with E-state index in [0.717, 1.165) is 0 Å². The molecule has 0 saturated heterocycles. The van der Waals surface area contributed by atoms with E-state index in [1.807, 2.05) is 6.07 Å². The lowest BCUT2D eigenvalue weighted by molar-refractivity contribution is 0.242. The first-order chi connectivity index (χ1) is 11.4. The van der Waals surface area contributed by atoms with Gasteiger partial charge >= 0.3 is 0 Å². The monoisotopic (exact) mass is 381 g/mol. The van der Waals surface area contributed by atoms with Crippen molar-refractivity contribution < 1.29 is 13.5 Å². The minimum atomic E-state index is -3.81. The van der Waals surface area contributed by atoms with Crippen LogP contribution in [0.3, 0.4) is 0 Å². The Balaban J connectivity index is 2.08. The molecule has 7 heteroatoms. The van der Waals surface area contributed by atoms with E-state index < -0.39 is 33.0 Å². The summed E-state index contributed by atoms with van der Waals surface area (Å²) in [6.45, 7) is -0.543. The number of hydrogen-bond acceptors (Lipinski definition) is 4. The summed E-state index contributed by atoms with van der Waals surface area (Å²) in [7, 11) is -3.81. The van der Waals surface area contributed by atoms with Crippen LogP contribution in [-0.4, -0.2) is 25.4 Å². The van der Waals surface area contributed by atoms with Crippen molar-refractivity contribution in [2.45, 2.75) is 16.1 Å². The van der Waals surface area contributed by atoms with Crippen molar-refractivity contribution in [2.24, 2.45) is 5.41 Å². The number of nitriles is 1. The fraction of sp³-hybridized carbons (Fsp3) is 0.235. The molecule has 1 aliphatic carbocycles. The number of aliphatic hydroxyl groups excluding tert-OH is 1. The maximum absolute atomic E-state index is 13.0. The first-order valence-corrected chi connectivity index (χ1v) is 9.44. The number of hydrogen-bond donors (Lipinski definition) is 1. The largest absolute Gasteiger partial charge is 0.395 e. The zero-order valence-electron chi connectivity index (χ0n) is 12.4. The molecule has 1 fully saturated rings. The van der Waals surface area contributed by atoms with Gasteiger partial charge in [-0.15, -0.1) is 0 Å². The smallest absolute Gasteiger partial charge is 0.183 e. The molecule has 124 valence electrons. The van der Waals surface area contributed by atoms with Gasteiger partial charge in [0, 0.05) is 16.0 Å². The molecular weight excluding hydrogens is 369 g/mol. The zero-order chi connectivity index (χ0) is 17.5. The van der Waals surface area contributed by atoms with Gasteiger partial charge in [0.2, 0.25) is 0 Å². The van der Waals surface area contributed by atoms with Crippen LogP contribution < -0.4 is 0 Å². The molecular formula is C17H13Cl2NO3S. The fourth-order valence-electron chi connectivity index (χ4n) is 3.16. The van der Waals surface area contributed by atoms with Crippen LogP contribution in [-0.2, 0) is 9.84 Å². The summed E-state index contributed by atoms with van der Waals surface area (Å²) in [5.74, 6) is -0.633. The third-order valence-electron chi connectivity index (χ3n) is 4.41. The van der Waals surface area contributed by atoms with Gasteiger partial charge in [-0.1, -0.05) is 35.3 Å². The summed E-state index contributed by atoms with van der Waals surface area (Å²) in [6.07, 6.45) is 0. The summed E-state index contributed by atoms with van der Waals surface area (Å²) in [5.41, 5.74) is -0.746. The number of aliphatic hydroxyl groups is 1. The fourth-order valence-corrected chi connectivity index (χ4v) is 5.80. The summed E-state index contributed by atoms with van der Waals surface area (Å²) in [5, 5.41) is 19.1. The predicted molar refractivity (Wildman–Crippen MR) is 91.8 cm³/mol. The van der Waals surface area contributed by atoms with Crippen molar-refractivity contribution >= 4 is 33.0 Å². The molecule has 1 aliphatic rings. The lowest BCUT2D eigenvalue weighted by atomic mass is 10.0. The molecule has 0 radical (unpaired) electrons. The van der Waals surface area contributed by atoms with Gasteiger partial charge in [-0.2, -0.15) is 5.26 Å². The Labute approximate surface area is 150 Å². The second kappa shape index (κ2) is 6.05. The number of rotatable bonds is 4. The van der Waals surface area contributed by atoms with Crippen molar-refractivity contribution in [1.29, 1.82) is 5.26 Å². The van der Waals surface area contributed by atoms with E-state index >= 15 is 0 Å². The normalized spacial score (nSPS) is 25.9. The highest BCUT2D eigenvalue weighted by atomic mass is 35.5. The van der Waals surface area contributed by atoms with Crippen molar-refractivity contribution in [3.05, 3.63) is 64.1 Å². The number of benzene rings is 2. The van der Waals surface area contributed by atoms with Gasteiger partial charge in [0.1, 0.15) is 5.41 Å². The highest BCUT2D eigenvalue weighted by Gasteiger charge is 2.72. The molecule has 3 rings (SSSR count). The Morgan fingerprint density at radius 2 is 1.79 bits per heavy atom. The summed E-state index contributed by atoms with van der Waals surface area (Å²) >= 11 is 11.8. The van der Waals surface area contributed by atoms with Crippen LogP contribution in [0.15, 0.2) is 53.4 Å². The van der Waals surface area contributed by atoms with Crippen LogP contribution >= 0.6 is 23.2 Å². The summed E-state index contributed by atoms with van der Waals surface area (Å²) in [4.78, 5) is 0.0782. The van der Waals surface area contributed by atoms with Crippen LogP contribution in [0.1, 0.15) is 11.5 Å². The summed E-state index contributed by atoms with van der Waals surface area (Å²) in [6, 6.07) is 14.5. The Morgan fingerprint density at radius 1 is 1.12 bits per heavy atom. The highest BCUT2D eigenvalue weighted by molar-refractivity contribution is 7.92. The molecule has 0 unspecified atom stereocenters. The van der Waals surface area contributed by atoms with Gasteiger partial charge < -0.3 is 5.11 Å². The van der Waals surface area contributed by atoms with Gasteiger partial charge in [-0.25, -0.2) is 8.42 Å². The molecule has 4 nitrogen and oxygen atoms in total. The SMILES string of the molecule is N#C[C@]1(CO)[C@H](c2cccc(Cl)c2)[C@H]1S(=O)(=O)c1ccc(Cl)cc1. The van der Waals surface area contributed by atoms with E-state index in [4.69, 9.17) is 23.2 Å². The number of sulfone groups is 1. The van der Waals surface area contributed by atoms with Crippen LogP contribution in [0.4, 0.5) is 0 Å². The molecule has 2 aromatic carbocycles. The first-order valence-electron chi connectivity index (χ1n) is 7.14. The molecule has 2 aromatic rings. The molecule has 0 aromatic heterocycles. The second-order valence-corrected chi connectivity index (χ2v) is 8.70. The van der Waals surface area contributed by atoms with Gasteiger partial charge in [-0.05, 0) is 42.0 Å². The molecule has 1 N–H and O–H groups in total. The Hall–Kier alpha value is -1.58. The second-order valence-electron chi connectivity index (χ2n) is 5.76. The third-order valence-corrected chi connectivity index (χ3v) is 7.19. The van der Waals surface area contributed by atoms with Gasteiger partial charge in [-0.3, -0.25) is 0 Å². The van der Waals surface area contributed by atoms with Crippen LogP contribution in [0.2, 0.25) is 10.0 Å². The zero-order valence-corrected chi connectivity index (χ0v) is 14.7. The standard InChI is InChI=1S/C17H13Cl2NO3S/c18-12-4-6-14(7-5-12)24(22,23)16-15(17(16,9-20)10-21)11-2-1-3-13(19)8-11/h1-8,15-16,21H,10H2/t15-,16-,17+/m1/s1. The molecule has 0 aliphatic heterocycles. The Morgan fingerprint density at radius 3 is 2.33 bits per heavy atom. The number of nitrogens with zero attached hydrogens (tertiary/aromatic N) is 1. The predicted octanol–water partition coefficient (Wildman–Crippen LogP) is 3.44. The maximum atomic E-state index is 13.0. The van der Waals surface area contributed by atoms with Crippen LogP contribution in [0, 0.1) is 16.7 Å². The van der Waals surface area contributed by atoms with E-state index in [1.54, 1.807) is 24.3 Å². The Kier molecular flexibility index (Phi) is 4.35. The first kappa shape index (κ1) is 17.2. The molecule has 0 heterocycles. The number of halogens is 2. The average molecular weight is 382 g/mol. The molecule has 0 bridgehead atoms. The van der Waals surface area contributed by atoms with Crippen molar-refractivity contribution in [3.8, 4) is 6.07 Å². The molecule has 24 heavy (non-hydrogen) atoms. The van der Waals surface area contributed by atoms with Gasteiger partial charge in [0.05, 0.1) is 22.8 Å². The van der Waals surface area contributed by atoms with E-state index in [1.165, 1.54) is 24.3 Å². The van der Waals surface area contributed by atoms with Gasteiger partial charge in [0.15, 0.2) is 9.84 Å². The molecule has 1 saturated carbocycles. The van der Waals surface area contributed by atoms with E-state index in [9.17, 15) is 18.8 Å². The van der Waals surface area contributed by atoms with Gasteiger partial charge in [0.25, 0.3) is 0 Å². The van der Waals surface area contributed by atoms with Crippen LogP contribution in [0.25, 0.3) is 0 Å². The third kappa shape index (κ3) is 2.60. The topological polar surface area (TPSA) is 78.2 Å². The molecule has 0 spiro atoms. The van der Waals surface area contributed by atoms with E-state index in [-0.39, 0.29) is 4.90 Å². The van der Waals surface area contributed by atoms with Crippen molar-refractivity contribution in [1.82, 2.24) is 0 Å². The highest BCUT2D eigenvalue weighted by Crippen LogP contribution is 2.63. The lowest BCUT2D eigenvalue weighted by Gasteiger charge is -2.06. The van der Waals surface area contributed by atoms with Crippen molar-refractivity contribution in [3.63, 3.8) is 0 Å². The minimum absolute atomic E-state index is 0.0782. The average Bonchev–Trinajstić information content (AvgIpc) is 3.26. The van der Waals surface area contributed by atoms with Crippen molar-refractivity contribution in [2.75, 3.05) is 6.61 Å². The maximum Gasteiger partial charge on any atom is 0.183 e. The van der Waals surface area contributed by atoms with E-state index in [0.29, 0.717) is 15.6 Å². The van der Waals surface area contributed by atoms with Crippen LogP contribution in [0.5, 0.6) is 0 Å². The minimum Gasteiger partial charge on any atom is -0.395 e. The summed E-state index contributed by atoms with van der Waals surface area (Å²) < 4.78 is 25.9. The quantitative estimate of drug-likeness (QED) is 0.879.